The van der Waals surface area contributed by atoms with Crippen molar-refractivity contribution >= 4 is 5.97 Å². The highest BCUT2D eigenvalue weighted by Crippen LogP contribution is 2.18. The van der Waals surface area contributed by atoms with Crippen molar-refractivity contribution in [1.82, 2.24) is 0 Å². The van der Waals surface area contributed by atoms with Gasteiger partial charge in [0, 0.05) is 0 Å². The van der Waals surface area contributed by atoms with Crippen molar-refractivity contribution in [2.75, 3.05) is 0 Å². The van der Waals surface area contributed by atoms with Crippen LogP contribution in [0, 0.1) is 0 Å². The lowest BCUT2D eigenvalue weighted by atomic mass is 10.1. The smallest absolute Gasteiger partial charge is 0.332 e. The molecule has 2 atom stereocenters. The molecule has 0 amide bonds. The van der Waals surface area contributed by atoms with E-state index in [9.17, 15) is 4.79 Å². The van der Waals surface area contributed by atoms with Gasteiger partial charge in [-0.15, -0.1) is 0 Å². The Labute approximate surface area is 60.0 Å². The number of carboxylic acid groups (broad SMARTS) is 1. The van der Waals surface area contributed by atoms with Gasteiger partial charge in [0.2, 0.25) is 0 Å². The van der Waals surface area contributed by atoms with Crippen molar-refractivity contribution in [1.29, 1.82) is 0 Å². The summed E-state index contributed by atoms with van der Waals surface area (Å²) in [7, 11) is 0. The third kappa shape index (κ3) is 1.70. The topological polar surface area (TPSA) is 46.5 Å². The zero-order valence-electron chi connectivity index (χ0n) is 6.04. The van der Waals surface area contributed by atoms with E-state index in [1.165, 1.54) is 0 Å². The molecule has 0 aromatic carbocycles. The van der Waals surface area contributed by atoms with Crippen LogP contribution in [0.15, 0.2) is 0 Å². The third-order valence-electron chi connectivity index (χ3n) is 1.75. The summed E-state index contributed by atoms with van der Waals surface area (Å²) in [6.45, 7) is 1.91. The molecule has 1 fully saturated rings. The Morgan fingerprint density at radius 3 is 2.70 bits per heavy atom. The van der Waals surface area contributed by atoms with Gasteiger partial charge in [0.15, 0.2) is 6.10 Å². The molecule has 1 saturated heterocycles. The molecule has 0 spiro atoms. The standard InChI is InChI=1S/C7H12O3/c1-5-3-2-4-6(10-5)7(8)9/h5-6H,2-4H2,1H3,(H,8,9)/t5-,6-/m0/s1. The molecule has 58 valence electrons. The van der Waals surface area contributed by atoms with Crippen LogP contribution in [0.4, 0.5) is 0 Å². The molecule has 0 bridgehead atoms. The zero-order chi connectivity index (χ0) is 7.56. The zero-order valence-corrected chi connectivity index (χ0v) is 6.04. The van der Waals surface area contributed by atoms with Crippen LogP contribution in [-0.4, -0.2) is 23.3 Å². The normalized spacial score (nSPS) is 33.7. The van der Waals surface area contributed by atoms with Gasteiger partial charge in [-0.2, -0.15) is 0 Å². The summed E-state index contributed by atoms with van der Waals surface area (Å²) in [5.74, 6) is -0.827. The van der Waals surface area contributed by atoms with Gasteiger partial charge in [0.1, 0.15) is 0 Å². The molecule has 1 rings (SSSR count). The van der Waals surface area contributed by atoms with E-state index in [1.807, 2.05) is 6.92 Å². The fraction of sp³-hybridized carbons (Fsp3) is 0.857. The first-order valence-electron chi connectivity index (χ1n) is 3.58. The Morgan fingerprint density at radius 1 is 1.60 bits per heavy atom. The van der Waals surface area contributed by atoms with Gasteiger partial charge in [0.05, 0.1) is 6.10 Å². The minimum absolute atomic E-state index is 0.120. The van der Waals surface area contributed by atoms with E-state index < -0.39 is 12.1 Å². The van der Waals surface area contributed by atoms with Gasteiger partial charge < -0.3 is 9.84 Å². The van der Waals surface area contributed by atoms with Crippen LogP contribution in [0.5, 0.6) is 0 Å². The molecule has 1 aliphatic heterocycles. The Morgan fingerprint density at radius 2 is 2.30 bits per heavy atom. The second-order valence-electron chi connectivity index (χ2n) is 2.70. The van der Waals surface area contributed by atoms with Gasteiger partial charge in [-0.25, -0.2) is 4.79 Å². The molecule has 1 N–H and O–H groups in total. The van der Waals surface area contributed by atoms with Crippen molar-refractivity contribution < 1.29 is 14.6 Å². The maximum Gasteiger partial charge on any atom is 0.332 e. The molecule has 1 aliphatic rings. The van der Waals surface area contributed by atoms with E-state index in [1.54, 1.807) is 0 Å². The van der Waals surface area contributed by atoms with E-state index in [0.29, 0.717) is 6.42 Å². The molecule has 0 aliphatic carbocycles. The minimum atomic E-state index is -0.827. The van der Waals surface area contributed by atoms with Gasteiger partial charge in [-0.05, 0) is 26.2 Å². The molecular formula is C7H12O3. The lowest BCUT2D eigenvalue weighted by molar-refractivity contribution is -0.157. The summed E-state index contributed by atoms with van der Waals surface area (Å²) >= 11 is 0. The summed E-state index contributed by atoms with van der Waals surface area (Å²) in [5.41, 5.74) is 0. The monoisotopic (exact) mass is 144 g/mol. The van der Waals surface area contributed by atoms with Crippen LogP contribution in [0.2, 0.25) is 0 Å². The molecule has 3 nitrogen and oxygen atoms in total. The van der Waals surface area contributed by atoms with Crippen molar-refractivity contribution in [3.8, 4) is 0 Å². The molecule has 0 aromatic heterocycles. The number of carbonyl (C=O) groups is 1. The fourth-order valence-electron chi connectivity index (χ4n) is 1.19. The van der Waals surface area contributed by atoms with Crippen LogP contribution in [0.3, 0.4) is 0 Å². The molecule has 0 saturated carbocycles. The van der Waals surface area contributed by atoms with Crippen LogP contribution < -0.4 is 0 Å². The van der Waals surface area contributed by atoms with Crippen LogP contribution in [0.1, 0.15) is 26.2 Å². The predicted octanol–water partition coefficient (Wildman–Crippen LogP) is 1.03. The number of rotatable bonds is 1. The van der Waals surface area contributed by atoms with E-state index >= 15 is 0 Å². The predicted molar refractivity (Wildman–Crippen MR) is 35.8 cm³/mol. The highest BCUT2D eigenvalue weighted by atomic mass is 16.5. The molecule has 1 heterocycles. The van der Waals surface area contributed by atoms with Crippen molar-refractivity contribution in [2.45, 2.75) is 38.4 Å². The third-order valence-corrected chi connectivity index (χ3v) is 1.75. The van der Waals surface area contributed by atoms with Crippen molar-refractivity contribution in [3.63, 3.8) is 0 Å². The Kier molecular flexibility index (Phi) is 2.27. The van der Waals surface area contributed by atoms with Crippen molar-refractivity contribution in [3.05, 3.63) is 0 Å². The largest absolute Gasteiger partial charge is 0.479 e. The Hall–Kier alpha value is -0.570. The summed E-state index contributed by atoms with van der Waals surface area (Å²) in [6, 6.07) is 0. The van der Waals surface area contributed by atoms with Crippen LogP contribution in [-0.2, 0) is 9.53 Å². The second-order valence-corrected chi connectivity index (χ2v) is 2.70. The molecule has 0 radical (unpaired) electrons. The van der Waals surface area contributed by atoms with E-state index in [2.05, 4.69) is 0 Å². The van der Waals surface area contributed by atoms with E-state index in [4.69, 9.17) is 9.84 Å². The number of carboxylic acids is 1. The summed E-state index contributed by atoms with van der Waals surface area (Å²) in [5, 5.41) is 8.53. The maximum absolute atomic E-state index is 10.4. The van der Waals surface area contributed by atoms with Gasteiger partial charge >= 0.3 is 5.97 Å². The second kappa shape index (κ2) is 3.01. The average Bonchev–Trinajstić information content (AvgIpc) is 1.88. The minimum Gasteiger partial charge on any atom is -0.479 e. The number of hydrogen-bond acceptors (Lipinski definition) is 2. The number of hydrogen-bond donors (Lipinski definition) is 1. The molecule has 0 unspecified atom stereocenters. The lowest BCUT2D eigenvalue weighted by Gasteiger charge is -2.24. The summed E-state index contributed by atoms with van der Waals surface area (Å²) in [6.07, 6.45) is 2.19. The highest BCUT2D eigenvalue weighted by molar-refractivity contribution is 5.72. The van der Waals surface area contributed by atoms with Gasteiger partial charge in [-0.3, -0.25) is 0 Å². The van der Waals surface area contributed by atoms with Crippen molar-refractivity contribution in [2.24, 2.45) is 0 Å². The number of aliphatic carboxylic acids is 1. The first kappa shape index (κ1) is 7.54. The van der Waals surface area contributed by atoms with Crippen LogP contribution >= 0.6 is 0 Å². The SMILES string of the molecule is C[C@H]1CCC[C@@H](C(=O)O)O1. The van der Waals surface area contributed by atoms with Gasteiger partial charge in [-0.1, -0.05) is 0 Å². The first-order valence-corrected chi connectivity index (χ1v) is 3.58. The van der Waals surface area contributed by atoms with Crippen LogP contribution in [0.25, 0.3) is 0 Å². The Balaban J connectivity index is 2.39. The molecule has 10 heavy (non-hydrogen) atoms. The first-order chi connectivity index (χ1) is 4.70. The van der Waals surface area contributed by atoms with E-state index in [-0.39, 0.29) is 6.10 Å². The maximum atomic E-state index is 10.4. The number of ether oxygens (including phenoxy) is 1. The Bertz CT molecular complexity index is 133. The fourth-order valence-corrected chi connectivity index (χ4v) is 1.19. The summed E-state index contributed by atoms with van der Waals surface area (Å²) < 4.78 is 5.15. The van der Waals surface area contributed by atoms with Gasteiger partial charge in [0.25, 0.3) is 0 Å². The highest BCUT2D eigenvalue weighted by Gasteiger charge is 2.24. The average molecular weight is 144 g/mol. The molecule has 0 aromatic rings. The molecule has 3 heteroatoms. The molecular weight excluding hydrogens is 132 g/mol. The van der Waals surface area contributed by atoms with E-state index in [0.717, 1.165) is 12.8 Å². The lowest BCUT2D eigenvalue weighted by Crippen LogP contribution is -2.31. The quantitative estimate of drug-likeness (QED) is 0.597. The summed E-state index contributed by atoms with van der Waals surface area (Å²) in [4.78, 5) is 10.4.